The van der Waals surface area contributed by atoms with Crippen LogP contribution in [-0.2, 0) is 9.71 Å². The topological polar surface area (TPSA) is 85.4 Å². The maximum atomic E-state index is 13.4. The first-order valence-electron chi connectivity index (χ1n) is 9.56. The summed E-state index contributed by atoms with van der Waals surface area (Å²) in [5, 5.41) is 3.77. The molecule has 1 aromatic heterocycles. The number of hydrogen-bond donors (Lipinski definition) is 2. The third kappa shape index (κ3) is 4.56. The van der Waals surface area contributed by atoms with Crippen molar-refractivity contribution in [3.8, 4) is 11.5 Å². The normalized spacial score (nSPS) is 12.7. The highest BCUT2D eigenvalue weighted by molar-refractivity contribution is 8.01. The number of ether oxygens (including phenoxy) is 2. The minimum Gasteiger partial charge on any atom is -0.493 e. The van der Waals surface area contributed by atoms with E-state index in [4.69, 9.17) is 21.1 Å². The highest BCUT2D eigenvalue weighted by Crippen LogP contribution is 2.33. The van der Waals surface area contributed by atoms with Crippen molar-refractivity contribution < 1.29 is 13.7 Å². The minimum absolute atomic E-state index is 0.299. The van der Waals surface area contributed by atoms with Crippen molar-refractivity contribution >= 4 is 55.5 Å². The lowest BCUT2D eigenvalue weighted by Crippen LogP contribution is -2.15. The van der Waals surface area contributed by atoms with Gasteiger partial charge in [-0.25, -0.2) is 14.2 Å². The van der Waals surface area contributed by atoms with Crippen LogP contribution in [0.3, 0.4) is 0 Å². The van der Waals surface area contributed by atoms with E-state index < -0.39 is 9.71 Å². The van der Waals surface area contributed by atoms with Gasteiger partial charge in [0, 0.05) is 21.7 Å². The molecule has 164 valence electrons. The average Bonchev–Trinajstić information content (AvgIpc) is 2.79. The Kier molecular flexibility index (Phi) is 6.07. The molecule has 3 aromatic carbocycles. The summed E-state index contributed by atoms with van der Waals surface area (Å²) in [6.45, 7) is 0. The SMILES string of the molecule is C=S(=O)(Nc1nc2ccccc2nc1Nc1ccc(OC)c(OC)c1)c1ccc(Cl)cc1. The first-order valence-corrected chi connectivity index (χ1v) is 11.7. The van der Waals surface area contributed by atoms with Crippen LogP contribution in [-0.4, -0.2) is 34.3 Å². The van der Waals surface area contributed by atoms with E-state index in [1.807, 2.05) is 30.3 Å². The lowest BCUT2D eigenvalue weighted by molar-refractivity contribution is 0.355. The van der Waals surface area contributed by atoms with E-state index in [1.54, 1.807) is 50.6 Å². The Hall–Kier alpha value is -3.49. The molecule has 1 heterocycles. The summed E-state index contributed by atoms with van der Waals surface area (Å²) >= 11 is 5.96. The summed E-state index contributed by atoms with van der Waals surface area (Å²) in [6, 6.07) is 19.5. The maximum absolute atomic E-state index is 13.4. The Labute approximate surface area is 191 Å². The van der Waals surface area contributed by atoms with E-state index in [-0.39, 0.29) is 0 Å². The third-order valence-electron chi connectivity index (χ3n) is 4.67. The quantitative estimate of drug-likeness (QED) is 0.365. The summed E-state index contributed by atoms with van der Waals surface area (Å²) in [4.78, 5) is 9.81. The molecule has 0 spiro atoms. The van der Waals surface area contributed by atoms with Crippen molar-refractivity contribution in [3.63, 3.8) is 0 Å². The molecule has 32 heavy (non-hydrogen) atoms. The van der Waals surface area contributed by atoms with Gasteiger partial charge in [0.15, 0.2) is 23.1 Å². The van der Waals surface area contributed by atoms with E-state index in [0.717, 1.165) is 0 Å². The predicted octanol–water partition coefficient (Wildman–Crippen LogP) is 5.15. The molecule has 0 radical (unpaired) electrons. The van der Waals surface area contributed by atoms with E-state index in [9.17, 15) is 4.21 Å². The van der Waals surface area contributed by atoms with Crippen LogP contribution in [0.5, 0.6) is 11.5 Å². The fourth-order valence-corrected chi connectivity index (χ4v) is 4.35. The molecule has 1 unspecified atom stereocenters. The number of nitrogens with one attached hydrogen (secondary N) is 2. The molecule has 1 atom stereocenters. The summed E-state index contributed by atoms with van der Waals surface area (Å²) in [6.07, 6.45) is 0. The third-order valence-corrected chi connectivity index (χ3v) is 6.48. The van der Waals surface area contributed by atoms with E-state index in [2.05, 4.69) is 25.9 Å². The molecule has 4 rings (SSSR count). The minimum atomic E-state index is -2.93. The van der Waals surface area contributed by atoms with Crippen LogP contribution in [0.2, 0.25) is 5.02 Å². The molecule has 9 heteroatoms. The number of fused-ring (bicyclic) bond motifs is 1. The summed E-state index contributed by atoms with van der Waals surface area (Å²) in [5.74, 6) is 5.73. The molecule has 2 N–H and O–H groups in total. The average molecular weight is 469 g/mol. The van der Waals surface area contributed by atoms with Gasteiger partial charge in [-0.15, -0.1) is 0 Å². The second-order valence-corrected chi connectivity index (χ2v) is 9.30. The zero-order valence-corrected chi connectivity index (χ0v) is 19.0. The van der Waals surface area contributed by atoms with Crippen LogP contribution in [0.25, 0.3) is 11.0 Å². The lowest BCUT2D eigenvalue weighted by Gasteiger charge is -2.17. The molecule has 4 aromatic rings. The number of anilines is 3. The van der Waals surface area contributed by atoms with E-state index in [0.29, 0.717) is 49.8 Å². The predicted molar refractivity (Wildman–Crippen MR) is 131 cm³/mol. The van der Waals surface area contributed by atoms with E-state index in [1.165, 1.54) is 0 Å². The molecule has 0 aliphatic heterocycles. The lowest BCUT2D eigenvalue weighted by atomic mass is 10.2. The molecule has 0 saturated heterocycles. The fourth-order valence-electron chi connectivity index (χ4n) is 3.08. The van der Waals surface area contributed by atoms with Gasteiger partial charge in [0.05, 0.1) is 35.0 Å². The van der Waals surface area contributed by atoms with Gasteiger partial charge in [-0.2, -0.15) is 0 Å². The molecule has 0 aliphatic carbocycles. The zero-order chi connectivity index (χ0) is 22.7. The number of aromatic nitrogens is 2. The second kappa shape index (κ2) is 8.94. The highest BCUT2D eigenvalue weighted by atomic mass is 35.5. The molecular weight excluding hydrogens is 448 g/mol. The number of nitrogens with zero attached hydrogens (tertiary/aromatic N) is 2. The van der Waals surface area contributed by atoms with Crippen LogP contribution in [0, 0.1) is 0 Å². The van der Waals surface area contributed by atoms with Crippen LogP contribution in [0.4, 0.5) is 17.3 Å². The van der Waals surface area contributed by atoms with Crippen molar-refractivity contribution in [3.05, 3.63) is 71.8 Å². The molecule has 0 amide bonds. The molecule has 0 saturated carbocycles. The molecule has 0 fully saturated rings. The summed E-state index contributed by atoms with van der Waals surface area (Å²) in [5.41, 5.74) is 2.03. The van der Waals surface area contributed by atoms with Crippen molar-refractivity contribution in [2.75, 3.05) is 24.3 Å². The summed E-state index contributed by atoms with van der Waals surface area (Å²) < 4.78 is 27.0. The Morgan fingerprint density at radius 3 is 2.12 bits per heavy atom. The van der Waals surface area contributed by atoms with Gasteiger partial charge in [-0.3, -0.25) is 4.72 Å². The van der Waals surface area contributed by atoms with Crippen LogP contribution in [0.15, 0.2) is 71.6 Å². The highest BCUT2D eigenvalue weighted by Gasteiger charge is 2.16. The second-order valence-electron chi connectivity index (χ2n) is 6.84. The zero-order valence-electron chi connectivity index (χ0n) is 17.5. The Morgan fingerprint density at radius 2 is 1.50 bits per heavy atom. The standard InChI is InChI=1S/C23H21ClN4O3S/c1-30-20-13-10-16(14-21(20)31-2)25-22-23(27-19-7-5-4-6-18(19)26-22)28-32(3,29)17-11-8-15(24)9-12-17/h4-14H,3H2,1-2H3,(H,25,26)(H,27,28,29). The van der Waals surface area contributed by atoms with Crippen molar-refractivity contribution in [1.82, 2.24) is 9.97 Å². The monoisotopic (exact) mass is 468 g/mol. The van der Waals surface area contributed by atoms with Gasteiger partial charge in [0.2, 0.25) is 0 Å². The van der Waals surface area contributed by atoms with Gasteiger partial charge < -0.3 is 14.8 Å². The molecule has 0 bridgehead atoms. The first kappa shape index (κ1) is 21.7. The Balaban J connectivity index is 1.76. The maximum Gasteiger partial charge on any atom is 0.181 e. The van der Waals surface area contributed by atoms with Crippen molar-refractivity contribution in [2.45, 2.75) is 4.90 Å². The Morgan fingerprint density at radius 1 is 0.875 bits per heavy atom. The van der Waals surface area contributed by atoms with Gasteiger partial charge in [-0.05, 0) is 54.4 Å². The molecule has 7 nitrogen and oxygen atoms in total. The van der Waals surface area contributed by atoms with Gasteiger partial charge in [0.25, 0.3) is 0 Å². The smallest absolute Gasteiger partial charge is 0.181 e. The van der Waals surface area contributed by atoms with Crippen molar-refractivity contribution in [1.29, 1.82) is 0 Å². The number of benzene rings is 3. The summed E-state index contributed by atoms with van der Waals surface area (Å²) in [7, 11) is 0.204. The first-order chi connectivity index (χ1) is 15.4. The van der Waals surface area contributed by atoms with Gasteiger partial charge in [-0.1, -0.05) is 23.7 Å². The van der Waals surface area contributed by atoms with Crippen LogP contribution in [0.1, 0.15) is 0 Å². The number of methoxy groups -OCH3 is 2. The number of rotatable bonds is 7. The molecular formula is C23H21ClN4O3S. The Bertz CT molecular complexity index is 1380. The fraction of sp³-hybridized carbons (Fsp3) is 0.0870. The van der Waals surface area contributed by atoms with Crippen LogP contribution >= 0.6 is 11.6 Å². The van der Waals surface area contributed by atoms with Crippen molar-refractivity contribution in [2.24, 2.45) is 0 Å². The molecule has 0 aliphatic rings. The van der Waals surface area contributed by atoms with Gasteiger partial charge >= 0.3 is 0 Å². The number of para-hydroxylation sites is 2. The number of hydrogen-bond acceptors (Lipinski definition) is 6. The van der Waals surface area contributed by atoms with Gasteiger partial charge in [0.1, 0.15) is 0 Å². The largest absolute Gasteiger partial charge is 0.493 e. The number of halogens is 1. The van der Waals surface area contributed by atoms with E-state index >= 15 is 0 Å². The van der Waals surface area contributed by atoms with Crippen LogP contribution < -0.4 is 19.5 Å².